The second-order valence-electron chi connectivity index (χ2n) is 5.39. The monoisotopic (exact) mass is 333 g/mol. The highest BCUT2D eigenvalue weighted by atomic mass is 35.5. The van der Waals surface area contributed by atoms with Gasteiger partial charge in [0.25, 0.3) is 0 Å². The predicted molar refractivity (Wildman–Crippen MR) is 93.1 cm³/mol. The summed E-state index contributed by atoms with van der Waals surface area (Å²) in [7, 11) is 0. The first-order valence-electron chi connectivity index (χ1n) is 7.27. The first kappa shape index (κ1) is 18.4. The molecule has 0 atom stereocenters. The maximum absolute atomic E-state index is 6.09. The van der Waals surface area contributed by atoms with Gasteiger partial charge in [0.15, 0.2) is 0 Å². The number of ether oxygens (including phenoxy) is 1. The van der Waals surface area contributed by atoms with Crippen LogP contribution in [0.5, 0.6) is 0 Å². The summed E-state index contributed by atoms with van der Waals surface area (Å²) in [6.45, 7) is 7.26. The Morgan fingerprint density at radius 2 is 1.81 bits per heavy atom. The molecule has 2 aliphatic heterocycles. The van der Waals surface area contributed by atoms with Gasteiger partial charge in [-0.3, -0.25) is 4.90 Å². The number of morpholine rings is 1. The van der Waals surface area contributed by atoms with Crippen LogP contribution < -0.4 is 10.6 Å². The van der Waals surface area contributed by atoms with Crippen LogP contribution >= 0.6 is 24.8 Å². The summed E-state index contributed by atoms with van der Waals surface area (Å²) in [6, 6.07) is 6.30. The highest BCUT2D eigenvalue weighted by Crippen LogP contribution is 2.30. The van der Waals surface area contributed by atoms with E-state index < -0.39 is 0 Å². The zero-order valence-corrected chi connectivity index (χ0v) is 13.9. The molecule has 0 unspecified atom stereocenters. The van der Waals surface area contributed by atoms with E-state index in [1.807, 2.05) is 6.07 Å². The summed E-state index contributed by atoms with van der Waals surface area (Å²) in [5.74, 6) is 0. The molecule has 21 heavy (non-hydrogen) atoms. The van der Waals surface area contributed by atoms with Crippen molar-refractivity contribution < 1.29 is 4.74 Å². The third kappa shape index (κ3) is 4.39. The fourth-order valence-electron chi connectivity index (χ4n) is 3.05. The molecule has 1 fully saturated rings. The number of anilines is 2. The van der Waals surface area contributed by atoms with E-state index in [0.717, 1.165) is 58.0 Å². The van der Waals surface area contributed by atoms with Crippen LogP contribution in [0.25, 0.3) is 0 Å². The van der Waals surface area contributed by atoms with Crippen molar-refractivity contribution in [2.24, 2.45) is 0 Å². The molecule has 0 spiro atoms. The van der Waals surface area contributed by atoms with E-state index >= 15 is 0 Å². The van der Waals surface area contributed by atoms with Gasteiger partial charge in [-0.15, -0.1) is 24.8 Å². The molecule has 2 N–H and O–H groups in total. The largest absolute Gasteiger partial charge is 0.398 e. The van der Waals surface area contributed by atoms with Crippen LogP contribution in [0.15, 0.2) is 18.2 Å². The summed E-state index contributed by atoms with van der Waals surface area (Å²) in [4.78, 5) is 4.98. The number of hydrogen-bond donors (Lipinski definition) is 1. The summed E-state index contributed by atoms with van der Waals surface area (Å²) in [6.07, 6.45) is 2.33. The Labute approximate surface area is 139 Å². The molecule has 2 heterocycles. The summed E-state index contributed by atoms with van der Waals surface area (Å²) in [5, 5.41) is 0. The van der Waals surface area contributed by atoms with Crippen molar-refractivity contribution >= 4 is 36.2 Å². The standard InChI is InChI=1S/C15H23N3O.2ClH/c16-14-4-1-5-15-13(14)3-2-6-18(15)8-7-17-9-11-19-12-10-17;;/h1,4-5H,2-3,6-12,16H2;2*1H. The zero-order chi connectivity index (χ0) is 13.1. The van der Waals surface area contributed by atoms with Gasteiger partial charge in [0.1, 0.15) is 0 Å². The molecule has 0 radical (unpaired) electrons. The lowest BCUT2D eigenvalue weighted by Gasteiger charge is -2.35. The van der Waals surface area contributed by atoms with E-state index in [2.05, 4.69) is 21.9 Å². The summed E-state index contributed by atoms with van der Waals surface area (Å²) >= 11 is 0. The van der Waals surface area contributed by atoms with Crippen LogP contribution in [0.4, 0.5) is 11.4 Å². The molecule has 1 aromatic carbocycles. The molecule has 120 valence electrons. The van der Waals surface area contributed by atoms with Crippen molar-refractivity contribution in [3.05, 3.63) is 23.8 Å². The van der Waals surface area contributed by atoms with E-state index in [9.17, 15) is 0 Å². The van der Waals surface area contributed by atoms with Gasteiger partial charge >= 0.3 is 0 Å². The van der Waals surface area contributed by atoms with Crippen molar-refractivity contribution in [1.29, 1.82) is 0 Å². The summed E-state index contributed by atoms with van der Waals surface area (Å²) < 4.78 is 5.39. The SMILES string of the molecule is Cl.Cl.Nc1cccc2c1CCCN2CCN1CCOCC1. The Bertz CT molecular complexity index is 439. The van der Waals surface area contributed by atoms with Gasteiger partial charge in [-0.25, -0.2) is 0 Å². The fraction of sp³-hybridized carbons (Fsp3) is 0.600. The number of halogens is 2. The second kappa shape index (κ2) is 8.69. The average molecular weight is 334 g/mol. The Kier molecular flexibility index (Phi) is 7.60. The minimum Gasteiger partial charge on any atom is -0.398 e. The highest BCUT2D eigenvalue weighted by molar-refractivity contribution is 5.85. The third-order valence-corrected chi connectivity index (χ3v) is 4.17. The van der Waals surface area contributed by atoms with E-state index in [4.69, 9.17) is 10.5 Å². The van der Waals surface area contributed by atoms with Crippen LogP contribution in [-0.4, -0.2) is 50.8 Å². The maximum Gasteiger partial charge on any atom is 0.0594 e. The molecule has 0 amide bonds. The van der Waals surface area contributed by atoms with Crippen molar-refractivity contribution in [1.82, 2.24) is 4.90 Å². The minimum absolute atomic E-state index is 0. The van der Waals surface area contributed by atoms with E-state index in [1.54, 1.807) is 0 Å². The van der Waals surface area contributed by atoms with E-state index in [-0.39, 0.29) is 24.8 Å². The summed E-state index contributed by atoms with van der Waals surface area (Å²) in [5.41, 5.74) is 9.73. The number of nitrogen functional groups attached to an aromatic ring is 1. The lowest BCUT2D eigenvalue weighted by molar-refractivity contribution is 0.0391. The first-order chi connectivity index (χ1) is 9.34. The van der Waals surface area contributed by atoms with Crippen LogP contribution in [-0.2, 0) is 11.2 Å². The van der Waals surface area contributed by atoms with Gasteiger partial charge in [-0.05, 0) is 30.5 Å². The van der Waals surface area contributed by atoms with Crippen molar-refractivity contribution in [3.63, 3.8) is 0 Å². The number of fused-ring (bicyclic) bond motifs is 1. The average Bonchev–Trinajstić information content (AvgIpc) is 2.47. The van der Waals surface area contributed by atoms with Gasteiger partial charge in [0.2, 0.25) is 0 Å². The topological polar surface area (TPSA) is 41.7 Å². The quantitative estimate of drug-likeness (QED) is 0.861. The molecule has 1 saturated heterocycles. The fourth-order valence-corrected chi connectivity index (χ4v) is 3.05. The molecule has 1 aromatic rings. The zero-order valence-electron chi connectivity index (χ0n) is 12.3. The molecule has 3 rings (SSSR count). The van der Waals surface area contributed by atoms with Crippen LogP contribution in [0, 0.1) is 0 Å². The molecule has 0 aliphatic carbocycles. The Morgan fingerprint density at radius 3 is 2.57 bits per heavy atom. The lowest BCUT2D eigenvalue weighted by Crippen LogP contribution is -2.42. The molecule has 0 saturated carbocycles. The first-order valence-corrected chi connectivity index (χ1v) is 7.27. The van der Waals surface area contributed by atoms with Crippen LogP contribution in [0.3, 0.4) is 0 Å². The van der Waals surface area contributed by atoms with Gasteiger partial charge in [0, 0.05) is 44.1 Å². The highest BCUT2D eigenvalue weighted by Gasteiger charge is 2.19. The van der Waals surface area contributed by atoms with Gasteiger partial charge < -0.3 is 15.4 Å². The Hall–Kier alpha value is -0.680. The molecule has 0 aromatic heterocycles. The molecular weight excluding hydrogens is 309 g/mol. The number of hydrogen-bond acceptors (Lipinski definition) is 4. The number of rotatable bonds is 3. The predicted octanol–water partition coefficient (Wildman–Crippen LogP) is 2.20. The Morgan fingerprint density at radius 1 is 1.05 bits per heavy atom. The van der Waals surface area contributed by atoms with Crippen LogP contribution in [0.1, 0.15) is 12.0 Å². The molecule has 6 heteroatoms. The Balaban J connectivity index is 0.00000110. The smallest absolute Gasteiger partial charge is 0.0594 e. The molecule has 0 bridgehead atoms. The second-order valence-corrected chi connectivity index (χ2v) is 5.39. The number of nitrogens with zero attached hydrogens (tertiary/aromatic N) is 2. The van der Waals surface area contributed by atoms with Crippen molar-refractivity contribution in [2.45, 2.75) is 12.8 Å². The van der Waals surface area contributed by atoms with Gasteiger partial charge in [0.05, 0.1) is 13.2 Å². The molecule has 4 nitrogen and oxygen atoms in total. The third-order valence-electron chi connectivity index (χ3n) is 4.17. The van der Waals surface area contributed by atoms with Crippen molar-refractivity contribution in [2.75, 3.05) is 56.6 Å². The van der Waals surface area contributed by atoms with Gasteiger partial charge in [-0.2, -0.15) is 0 Å². The van der Waals surface area contributed by atoms with Gasteiger partial charge in [-0.1, -0.05) is 6.07 Å². The maximum atomic E-state index is 6.09. The number of nitrogens with two attached hydrogens (primary N) is 1. The molecular formula is C15H25Cl2N3O. The van der Waals surface area contributed by atoms with E-state index in [1.165, 1.54) is 17.7 Å². The van der Waals surface area contributed by atoms with Crippen molar-refractivity contribution in [3.8, 4) is 0 Å². The normalized spacial score (nSPS) is 18.4. The number of benzene rings is 1. The lowest BCUT2D eigenvalue weighted by atomic mass is 10.00. The van der Waals surface area contributed by atoms with Crippen LogP contribution in [0.2, 0.25) is 0 Å². The van der Waals surface area contributed by atoms with E-state index in [0.29, 0.717) is 0 Å². The minimum atomic E-state index is 0. The molecule has 2 aliphatic rings.